The summed E-state index contributed by atoms with van der Waals surface area (Å²) in [5.74, 6) is 0.591. The summed E-state index contributed by atoms with van der Waals surface area (Å²) in [5, 5.41) is 3.90. The van der Waals surface area contributed by atoms with Gasteiger partial charge in [0.05, 0.1) is 22.6 Å². The summed E-state index contributed by atoms with van der Waals surface area (Å²) in [5.41, 5.74) is 2.83. The monoisotopic (exact) mass is 310 g/mol. The van der Waals surface area contributed by atoms with Gasteiger partial charge in [0.1, 0.15) is 6.61 Å². The summed E-state index contributed by atoms with van der Waals surface area (Å²) in [4.78, 5) is 4.29. The molecule has 0 spiro atoms. The SMILES string of the molecule is Clc1ccccc1Nc1ccc(OCc2ccccc2)nc1. The molecule has 2 aromatic carbocycles. The smallest absolute Gasteiger partial charge is 0.213 e. The zero-order valence-corrected chi connectivity index (χ0v) is 12.6. The van der Waals surface area contributed by atoms with Crippen LogP contribution in [0.15, 0.2) is 72.9 Å². The quantitative estimate of drug-likeness (QED) is 0.715. The van der Waals surface area contributed by atoms with Crippen LogP contribution in [-0.2, 0) is 6.61 Å². The molecule has 0 saturated carbocycles. The molecule has 0 aliphatic carbocycles. The van der Waals surface area contributed by atoms with E-state index in [0.717, 1.165) is 16.9 Å². The Morgan fingerprint density at radius 3 is 2.41 bits per heavy atom. The van der Waals surface area contributed by atoms with Gasteiger partial charge in [0.25, 0.3) is 0 Å². The lowest BCUT2D eigenvalue weighted by molar-refractivity contribution is 0.294. The van der Waals surface area contributed by atoms with Crippen molar-refractivity contribution in [2.75, 3.05) is 5.32 Å². The van der Waals surface area contributed by atoms with Crippen LogP contribution < -0.4 is 10.1 Å². The minimum Gasteiger partial charge on any atom is -0.473 e. The molecule has 3 aromatic rings. The predicted octanol–water partition coefficient (Wildman–Crippen LogP) is 5.06. The van der Waals surface area contributed by atoms with Gasteiger partial charge in [-0.25, -0.2) is 4.98 Å². The molecule has 3 nitrogen and oxygen atoms in total. The third kappa shape index (κ3) is 3.77. The largest absolute Gasteiger partial charge is 0.473 e. The van der Waals surface area contributed by atoms with E-state index in [-0.39, 0.29) is 0 Å². The third-order valence-electron chi connectivity index (χ3n) is 3.12. The van der Waals surface area contributed by atoms with Crippen molar-refractivity contribution in [1.82, 2.24) is 4.98 Å². The lowest BCUT2D eigenvalue weighted by Gasteiger charge is -2.09. The summed E-state index contributed by atoms with van der Waals surface area (Å²) in [6.45, 7) is 0.505. The molecule has 0 unspecified atom stereocenters. The molecule has 4 heteroatoms. The van der Waals surface area contributed by atoms with Crippen LogP contribution in [0.4, 0.5) is 11.4 Å². The van der Waals surface area contributed by atoms with Crippen molar-refractivity contribution in [3.8, 4) is 5.88 Å². The Kier molecular flexibility index (Phi) is 4.56. The minimum atomic E-state index is 0.505. The van der Waals surface area contributed by atoms with Gasteiger partial charge in [0.15, 0.2) is 0 Å². The maximum Gasteiger partial charge on any atom is 0.213 e. The first kappa shape index (κ1) is 14.4. The van der Waals surface area contributed by atoms with Crippen LogP contribution in [0.2, 0.25) is 5.02 Å². The zero-order chi connectivity index (χ0) is 15.2. The second kappa shape index (κ2) is 6.96. The predicted molar refractivity (Wildman–Crippen MR) is 89.7 cm³/mol. The summed E-state index contributed by atoms with van der Waals surface area (Å²) in [6.07, 6.45) is 1.73. The number of pyridine rings is 1. The zero-order valence-electron chi connectivity index (χ0n) is 11.9. The number of nitrogens with zero attached hydrogens (tertiary/aromatic N) is 1. The molecule has 0 radical (unpaired) electrons. The van der Waals surface area contributed by atoms with Crippen LogP contribution in [0.3, 0.4) is 0 Å². The van der Waals surface area contributed by atoms with Crippen molar-refractivity contribution >= 4 is 23.0 Å². The highest BCUT2D eigenvalue weighted by molar-refractivity contribution is 6.33. The summed E-state index contributed by atoms with van der Waals surface area (Å²) in [6, 6.07) is 21.3. The molecular weight excluding hydrogens is 296 g/mol. The van der Waals surface area contributed by atoms with E-state index < -0.39 is 0 Å². The highest BCUT2D eigenvalue weighted by atomic mass is 35.5. The van der Waals surface area contributed by atoms with E-state index in [1.807, 2.05) is 66.7 Å². The summed E-state index contributed by atoms with van der Waals surface area (Å²) in [7, 11) is 0. The molecule has 0 bridgehead atoms. The second-order valence-electron chi connectivity index (χ2n) is 4.76. The molecule has 1 N–H and O–H groups in total. The first-order valence-electron chi connectivity index (χ1n) is 6.95. The van der Waals surface area contributed by atoms with Crippen molar-refractivity contribution in [3.63, 3.8) is 0 Å². The van der Waals surface area contributed by atoms with Gasteiger partial charge < -0.3 is 10.1 Å². The van der Waals surface area contributed by atoms with Gasteiger partial charge in [-0.1, -0.05) is 54.1 Å². The molecule has 0 fully saturated rings. The fourth-order valence-electron chi connectivity index (χ4n) is 1.99. The standard InChI is InChI=1S/C18H15ClN2O/c19-16-8-4-5-9-17(16)21-15-10-11-18(20-12-15)22-13-14-6-2-1-3-7-14/h1-12,21H,13H2. The molecule has 3 rings (SSSR count). The number of hydrogen-bond acceptors (Lipinski definition) is 3. The van der Waals surface area contributed by atoms with Gasteiger partial charge in [-0.3, -0.25) is 0 Å². The van der Waals surface area contributed by atoms with Crippen molar-refractivity contribution < 1.29 is 4.74 Å². The molecular formula is C18H15ClN2O. The van der Waals surface area contributed by atoms with Gasteiger partial charge in [0, 0.05) is 6.07 Å². The van der Waals surface area contributed by atoms with Gasteiger partial charge >= 0.3 is 0 Å². The number of anilines is 2. The summed E-state index contributed by atoms with van der Waals surface area (Å²) < 4.78 is 5.66. The van der Waals surface area contributed by atoms with Gasteiger partial charge in [0.2, 0.25) is 5.88 Å². The van der Waals surface area contributed by atoms with E-state index >= 15 is 0 Å². The van der Waals surface area contributed by atoms with E-state index in [0.29, 0.717) is 17.5 Å². The third-order valence-corrected chi connectivity index (χ3v) is 3.45. The van der Waals surface area contributed by atoms with E-state index in [9.17, 15) is 0 Å². The number of nitrogens with one attached hydrogen (secondary N) is 1. The molecule has 1 aromatic heterocycles. The minimum absolute atomic E-state index is 0.505. The Morgan fingerprint density at radius 2 is 1.68 bits per heavy atom. The Bertz CT molecular complexity index is 730. The fourth-order valence-corrected chi connectivity index (χ4v) is 2.17. The van der Waals surface area contributed by atoms with Crippen molar-refractivity contribution in [3.05, 3.63) is 83.5 Å². The Hall–Kier alpha value is -2.52. The van der Waals surface area contributed by atoms with Crippen LogP contribution in [0, 0.1) is 0 Å². The maximum absolute atomic E-state index is 6.12. The Labute approximate surface area is 134 Å². The number of rotatable bonds is 5. The molecule has 0 amide bonds. The number of aromatic nitrogens is 1. The van der Waals surface area contributed by atoms with Crippen LogP contribution in [-0.4, -0.2) is 4.98 Å². The van der Waals surface area contributed by atoms with Crippen LogP contribution in [0.5, 0.6) is 5.88 Å². The van der Waals surface area contributed by atoms with E-state index in [2.05, 4.69) is 10.3 Å². The highest BCUT2D eigenvalue weighted by Crippen LogP contribution is 2.25. The number of halogens is 1. The first-order chi connectivity index (χ1) is 10.8. The Balaban J connectivity index is 1.62. The fraction of sp³-hybridized carbons (Fsp3) is 0.0556. The molecule has 0 atom stereocenters. The average Bonchev–Trinajstić information content (AvgIpc) is 2.57. The van der Waals surface area contributed by atoms with Crippen molar-refractivity contribution in [2.45, 2.75) is 6.61 Å². The van der Waals surface area contributed by atoms with E-state index in [1.54, 1.807) is 6.20 Å². The lowest BCUT2D eigenvalue weighted by Crippen LogP contribution is -1.98. The average molecular weight is 311 g/mol. The number of hydrogen-bond donors (Lipinski definition) is 1. The van der Waals surface area contributed by atoms with E-state index in [1.165, 1.54) is 0 Å². The number of ether oxygens (including phenoxy) is 1. The molecule has 1 heterocycles. The van der Waals surface area contributed by atoms with Gasteiger partial charge in [-0.15, -0.1) is 0 Å². The maximum atomic E-state index is 6.12. The number of para-hydroxylation sites is 1. The topological polar surface area (TPSA) is 34.1 Å². The molecule has 0 saturated heterocycles. The Morgan fingerprint density at radius 1 is 0.909 bits per heavy atom. The molecule has 110 valence electrons. The first-order valence-corrected chi connectivity index (χ1v) is 7.33. The molecule has 0 aliphatic heterocycles. The molecule has 22 heavy (non-hydrogen) atoms. The van der Waals surface area contributed by atoms with Crippen LogP contribution in [0.1, 0.15) is 5.56 Å². The van der Waals surface area contributed by atoms with E-state index in [4.69, 9.17) is 16.3 Å². The van der Waals surface area contributed by atoms with Gasteiger partial charge in [-0.2, -0.15) is 0 Å². The van der Waals surface area contributed by atoms with Crippen molar-refractivity contribution in [2.24, 2.45) is 0 Å². The summed E-state index contributed by atoms with van der Waals surface area (Å²) >= 11 is 6.12. The second-order valence-corrected chi connectivity index (χ2v) is 5.17. The van der Waals surface area contributed by atoms with Crippen LogP contribution >= 0.6 is 11.6 Å². The normalized spacial score (nSPS) is 10.2. The van der Waals surface area contributed by atoms with Crippen molar-refractivity contribution in [1.29, 1.82) is 0 Å². The van der Waals surface area contributed by atoms with Gasteiger partial charge in [-0.05, 0) is 23.8 Å². The molecule has 0 aliphatic rings. The lowest BCUT2D eigenvalue weighted by atomic mass is 10.2. The highest BCUT2D eigenvalue weighted by Gasteiger charge is 2.01. The van der Waals surface area contributed by atoms with Crippen LogP contribution in [0.25, 0.3) is 0 Å². The number of benzene rings is 2.